The summed E-state index contributed by atoms with van der Waals surface area (Å²) in [5.41, 5.74) is 1.64. The highest BCUT2D eigenvalue weighted by atomic mass is 19.1. The molecule has 4 nitrogen and oxygen atoms in total. The number of aryl methyl sites for hydroxylation is 2. The van der Waals surface area contributed by atoms with Crippen LogP contribution in [0.15, 0.2) is 42.2 Å². The molecular weight excluding hydrogens is 395 g/mol. The zero-order chi connectivity index (χ0) is 23.1. The maximum absolute atomic E-state index is 14.7. The molecule has 2 aromatic carbocycles. The number of benzene rings is 2. The van der Waals surface area contributed by atoms with Gasteiger partial charge in [0.1, 0.15) is 17.0 Å². The van der Waals surface area contributed by atoms with E-state index in [1.54, 1.807) is 39.8 Å². The minimum atomic E-state index is -1.11. The second kappa shape index (κ2) is 8.04. The van der Waals surface area contributed by atoms with E-state index in [-0.39, 0.29) is 17.4 Å². The number of ether oxygens (including phenoxy) is 2. The molecule has 0 aromatic heterocycles. The summed E-state index contributed by atoms with van der Waals surface area (Å²) in [5.74, 6) is -0.960. The van der Waals surface area contributed by atoms with Gasteiger partial charge < -0.3 is 9.47 Å². The van der Waals surface area contributed by atoms with Crippen molar-refractivity contribution in [3.05, 3.63) is 64.7 Å². The summed E-state index contributed by atoms with van der Waals surface area (Å²) in [5, 5.41) is 0. The number of hydrogen-bond donors (Lipinski definition) is 0. The number of Topliss-reactive ketones (excluding diaryl/α,β-unsaturated/α-hetero) is 1. The predicted octanol–water partition coefficient (Wildman–Crippen LogP) is 5.79. The van der Waals surface area contributed by atoms with E-state index >= 15 is 0 Å². The second-order valence-electron chi connectivity index (χ2n) is 8.96. The highest BCUT2D eigenvalue weighted by Gasteiger charge is 2.48. The Labute approximate surface area is 183 Å². The van der Waals surface area contributed by atoms with E-state index in [1.165, 1.54) is 13.0 Å². The van der Waals surface area contributed by atoms with Gasteiger partial charge in [-0.2, -0.15) is 0 Å². The molecule has 1 heterocycles. The van der Waals surface area contributed by atoms with E-state index in [0.717, 1.165) is 11.1 Å². The normalized spacial score (nSPS) is 17.6. The van der Waals surface area contributed by atoms with E-state index in [9.17, 15) is 14.0 Å². The first-order valence-electron chi connectivity index (χ1n) is 10.5. The molecule has 0 amide bonds. The third-order valence-electron chi connectivity index (χ3n) is 5.50. The Balaban J connectivity index is 2.34. The molecule has 1 aliphatic rings. The van der Waals surface area contributed by atoms with E-state index < -0.39 is 17.2 Å². The molecule has 164 valence electrons. The maximum atomic E-state index is 14.7. The fourth-order valence-electron chi connectivity index (χ4n) is 4.14. The molecule has 0 radical (unpaired) electrons. The van der Waals surface area contributed by atoms with Crippen LogP contribution in [0, 0.1) is 12.7 Å². The Hall–Kier alpha value is -2.79. The largest absolute Gasteiger partial charge is 0.427 e. The van der Waals surface area contributed by atoms with Crippen molar-refractivity contribution in [1.82, 2.24) is 0 Å². The molecule has 0 fully saturated rings. The van der Waals surface area contributed by atoms with Crippen molar-refractivity contribution >= 4 is 17.3 Å². The van der Waals surface area contributed by atoms with Crippen LogP contribution >= 0.6 is 0 Å². The molecule has 0 atom stereocenters. The third kappa shape index (κ3) is 4.33. The Bertz CT molecular complexity index is 1090. The van der Waals surface area contributed by atoms with Gasteiger partial charge in [0.2, 0.25) is 0 Å². The van der Waals surface area contributed by atoms with Gasteiger partial charge in [-0.05, 0) is 75.4 Å². The van der Waals surface area contributed by atoms with Gasteiger partial charge in [-0.15, -0.1) is 0 Å². The quantitative estimate of drug-likeness (QED) is 0.583. The molecule has 5 heteroatoms. The van der Waals surface area contributed by atoms with Gasteiger partial charge in [0, 0.05) is 12.5 Å². The van der Waals surface area contributed by atoms with Gasteiger partial charge >= 0.3 is 5.97 Å². The van der Waals surface area contributed by atoms with Crippen LogP contribution in [-0.4, -0.2) is 23.0 Å². The van der Waals surface area contributed by atoms with E-state index in [1.807, 2.05) is 32.0 Å². The van der Waals surface area contributed by atoms with Crippen LogP contribution in [0.25, 0.3) is 16.7 Å². The van der Waals surface area contributed by atoms with Gasteiger partial charge in [-0.3, -0.25) is 9.59 Å². The van der Waals surface area contributed by atoms with Crippen LogP contribution in [0.5, 0.6) is 0 Å². The highest BCUT2D eigenvalue weighted by molar-refractivity contribution is 6.26. The van der Waals surface area contributed by atoms with Crippen LogP contribution in [0.4, 0.5) is 4.39 Å². The molecule has 0 saturated carbocycles. The van der Waals surface area contributed by atoms with Crippen LogP contribution in [-0.2, 0) is 25.5 Å². The summed E-state index contributed by atoms with van der Waals surface area (Å²) < 4.78 is 26.3. The summed E-state index contributed by atoms with van der Waals surface area (Å²) in [4.78, 5) is 25.4. The molecule has 0 aliphatic carbocycles. The number of hydrogen-bond acceptors (Lipinski definition) is 4. The van der Waals surface area contributed by atoms with Crippen LogP contribution in [0.1, 0.15) is 58.2 Å². The van der Waals surface area contributed by atoms with Crippen molar-refractivity contribution in [3.8, 4) is 11.1 Å². The molecule has 31 heavy (non-hydrogen) atoms. The smallest absolute Gasteiger partial charge is 0.307 e. The lowest BCUT2D eigenvalue weighted by molar-refractivity contribution is -0.165. The lowest BCUT2D eigenvalue weighted by Gasteiger charge is -2.42. The van der Waals surface area contributed by atoms with Crippen molar-refractivity contribution in [3.63, 3.8) is 0 Å². The molecule has 0 bridgehead atoms. The summed E-state index contributed by atoms with van der Waals surface area (Å²) in [6.07, 6.45) is 0.651. The Morgan fingerprint density at radius 2 is 1.71 bits per heavy atom. The molecule has 0 spiro atoms. The first kappa shape index (κ1) is 22.9. The topological polar surface area (TPSA) is 52.6 Å². The van der Waals surface area contributed by atoms with Gasteiger partial charge in [0.15, 0.2) is 11.5 Å². The van der Waals surface area contributed by atoms with Crippen molar-refractivity contribution < 1.29 is 23.5 Å². The minimum Gasteiger partial charge on any atom is -0.427 e. The van der Waals surface area contributed by atoms with Crippen LogP contribution in [0.3, 0.4) is 0 Å². The van der Waals surface area contributed by atoms with Crippen LogP contribution in [0.2, 0.25) is 0 Å². The summed E-state index contributed by atoms with van der Waals surface area (Å²) in [7, 11) is 0. The van der Waals surface area contributed by atoms with Gasteiger partial charge in [0.25, 0.3) is 0 Å². The van der Waals surface area contributed by atoms with Gasteiger partial charge in [-0.1, -0.05) is 31.2 Å². The maximum Gasteiger partial charge on any atom is 0.307 e. The lowest BCUT2D eigenvalue weighted by Crippen LogP contribution is -2.50. The fraction of sp³-hybridized carbons (Fsp3) is 0.385. The highest BCUT2D eigenvalue weighted by Crippen LogP contribution is 2.43. The Morgan fingerprint density at radius 3 is 2.29 bits per heavy atom. The standard InChI is InChI=1S/C26H29FO4/c1-8-17-10-11-18(19-12-9-15(2)13-21(19)27)14-20(17)22-23(29)25(4,5)31-26(6,7)24(22)30-16(3)28/h9-14H,8H2,1-7H3. The van der Waals surface area contributed by atoms with Crippen molar-refractivity contribution in [2.24, 2.45) is 0 Å². The van der Waals surface area contributed by atoms with Gasteiger partial charge in [-0.25, -0.2) is 4.39 Å². The van der Waals surface area contributed by atoms with E-state index in [0.29, 0.717) is 28.7 Å². The summed E-state index contributed by atoms with van der Waals surface area (Å²) in [6.45, 7) is 12.1. The zero-order valence-electron chi connectivity index (χ0n) is 19.2. The first-order valence-corrected chi connectivity index (χ1v) is 10.5. The third-order valence-corrected chi connectivity index (χ3v) is 5.50. The first-order chi connectivity index (χ1) is 14.4. The molecule has 0 N–H and O–H groups in total. The number of esters is 1. The monoisotopic (exact) mass is 424 g/mol. The number of carbonyl (C=O) groups is 2. The molecule has 1 aliphatic heterocycles. The van der Waals surface area contributed by atoms with Crippen molar-refractivity contribution in [2.75, 3.05) is 0 Å². The minimum absolute atomic E-state index is 0.181. The van der Waals surface area contributed by atoms with Gasteiger partial charge in [0.05, 0.1) is 5.57 Å². The average Bonchev–Trinajstić information content (AvgIpc) is 2.65. The van der Waals surface area contributed by atoms with Crippen LogP contribution < -0.4 is 0 Å². The fourth-order valence-corrected chi connectivity index (χ4v) is 4.14. The van der Waals surface area contributed by atoms with E-state index in [4.69, 9.17) is 9.47 Å². The van der Waals surface area contributed by atoms with E-state index in [2.05, 4.69) is 0 Å². The SMILES string of the molecule is CCc1ccc(-c2ccc(C)cc2F)cc1C1=C(OC(C)=O)C(C)(C)OC(C)(C)C1=O. The molecule has 2 aromatic rings. The molecular formula is C26H29FO4. The number of ketones is 1. The lowest BCUT2D eigenvalue weighted by atomic mass is 9.80. The number of rotatable bonds is 4. The zero-order valence-corrected chi connectivity index (χ0v) is 19.2. The van der Waals surface area contributed by atoms with Crippen molar-refractivity contribution in [1.29, 1.82) is 0 Å². The second-order valence-corrected chi connectivity index (χ2v) is 8.96. The summed E-state index contributed by atoms with van der Waals surface area (Å²) >= 11 is 0. The Morgan fingerprint density at radius 1 is 1.03 bits per heavy atom. The number of carbonyl (C=O) groups excluding carboxylic acids is 2. The number of halogens is 1. The Kier molecular flexibility index (Phi) is 5.94. The molecule has 0 unspecified atom stereocenters. The predicted molar refractivity (Wildman–Crippen MR) is 119 cm³/mol. The average molecular weight is 425 g/mol. The molecule has 3 rings (SSSR count). The molecule has 0 saturated heterocycles. The van der Waals surface area contributed by atoms with Crippen molar-refractivity contribution in [2.45, 2.75) is 66.1 Å². The summed E-state index contributed by atoms with van der Waals surface area (Å²) in [6, 6.07) is 10.6.